The van der Waals surface area contributed by atoms with Crippen LogP contribution in [0.4, 0.5) is 26.2 Å². The quantitative estimate of drug-likeness (QED) is 0.881. The molecular weight excluding hydrogens is 266 g/mol. The fourth-order valence-corrected chi connectivity index (χ4v) is 1.58. The molecule has 1 aromatic carbocycles. The molecule has 0 aliphatic carbocycles. The molecule has 0 bridgehead atoms. The van der Waals surface area contributed by atoms with Crippen molar-refractivity contribution in [2.24, 2.45) is 0 Å². The Morgan fingerprint density at radius 2 is 2.05 bits per heavy atom. The number of aromatic nitrogens is 2. The Kier molecular flexibility index (Phi) is 4.29. The topological polar surface area (TPSA) is 59.1 Å². The molecule has 0 amide bonds. The van der Waals surface area contributed by atoms with Gasteiger partial charge < -0.3 is 15.4 Å². The molecule has 20 heavy (non-hydrogen) atoms. The van der Waals surface area contributed by atoms with Gasteiger partial charge in [0.05, 0.1) is 13.3 Å². The molecule has 0 fully saturated rings. The van der Waals surface area contributed by atoms with Crippen LogP contribution in [-0.4, -0.2) is 23.6 Å². The van der Waals surface area contributed by atoms with Gasteiger partial charge in [0.25, 0.3) is 0 Å². The molecule has 0 unspecified atom stereocenters. The van der Waals surface area contributed by atoms with Crippen LogP contribution in [-0.2, 0) is 0 Å². The fourth-order valence-electron chi connectivity index (χ4n) is 1.58. The number of nitrogens with zero attached hydrogens (tertiary/aromatic N) is 2. The lowest BCUT2D eigenvalue weighted by atomic mass is 10.3. The molecule has 0 saturated heterocycles. The van der Waals surface area contributed by atoms with Gasteiger partial charge in [0.2, 0.25) is 5.95 Å². The molecule has 1 aromatic heterocycles. The van der Waals surface area contributed by atoms with Gasteiger partial charge in [-0.1, -0.05) is 0 Å². The van der Waals surface area contributed by atoms with E-state index in [0.717, 1.165) is 6.20 Å². The summed E-state index contributed by atoms with van der Waals surface area (Å²) >= 11 is 0. The lowest BCUT2D eigenvalue weighted by Gasteiger charge is -2.09. The number of halogens is 2. The van der Waals surface area contributed by atoms with Crippen LogP contribution in [0.2, 0.25) is 0 Å². The largest absolute Gasteiger partial charge is 0.494 e. The standard InChI is InChI=1S/C13H14F2N4O/c1-3-16-13-17-7-10(15)12(19-13)18-8-4-5-11(20-2)9(14)6-8/h4-7H,3H2,1-2H3,(H2,16,17,18,19). The molecule has 2 rings (SSSR count). The molecule has 0 aliphatic heterocycles. The van der Waals surface area contributed by atoms with Gasteiger partial charge in [-0.15, -0.1) is 0 Å². The Hall–Kier alpha value is -2.44. The van der Waals surface area contributed by atoms with Gasteiger partial charge in [0, 0.05) is 18.3 Å². The van der Waals surface area contributed by atoms with Crippen molar-refractivity contribution < 1.29 is 13.5 Å². The Labute approximate surface area is 115 Å². The lowest BCUT2D eigenvalue weighted by molar-refractivity contribution is 0.386. The van der Waals surface area contributed by atoms with Gasteiger partial charge in [-0.05, 0) is 19.1 Å². The van der Waals surface area contributed by atoms with Gasteiger partial charge in [-0.2, -0.15) is 4.98 Å². The smallest absolute Gasteiger partial charge is 0.224 e. The third-order valence-corrected chi connectivity index (χ3v) is 2.49. The average Bonchev–Trinajstić information content (AvgIpc) is 2.43. The Balaban J connectivity index is 2.24. The molecule has 0 spiro atoms. The van der Waals surface area contributed by atoms with Crippen LogP contribution in [0.1, 0.15) is 6.92 Å². The molecule has 0 atom stereocenters. The van der Waals surface area contributed by atoms with E-state index in [9.17, 15) is 8.78 Å². The molecule has 2 N–H and O–H groups in total. The Bertz CT molecular complexity index is 607. The van der Waals surface area contributed by atoms with E-state index < -0.39 is 11.6 Å². The second kappa shape index (κ2) is 6.14. The SMILES string of the molecule is CCNc1ncc(F)c(Nc2ccc(OC)c(F)c2)n1. The van der Waals surface area contributed by atoms with Crippen molar-refractivity contribution in [3.63, 3.8) is 0 Å². The van der Waals surface area contributed by atoms with E-state index in [1.165, 1.54) is 19.2 Å². The van der Waals surface area contributed by atoms with Crippen molar-refractivity contribution in [1.82, 2.24) is 9.97 Å². The number of hydrogen-bond acceptors (Lipinski definition) is 5. The van der Waals surface area contributed by atoms with Crippen molar-refractivity contribution in [3.05, 3.63) is 36.0 Å². The van der Waals surface area contributed by atoms with Crippen molar-refractivity contribution in [2.45, 2.75) is 6.92 Å². The minimum Gasteiger partial charge on any atom is -0.494 e. The summed E-state index contributed by atoms with van der Waals surface area (Å²) in [6, 6.07) is 4.21. The predicted molar refractivity (Wildman–Crippen MR) is 72.4 cm³/mol. The zero-order chi connectivity index (χ0) is 14.5. The third kappa shape index (κ3) is 3.11. The summed E-state index contributed by atoms with van der Waals surface area (Å²) in [5.74, 6) is -0.778. The highest BCUT2D eigenvalue weighted by Crippen LogP contribution is 2.24. The number of nitrogens with one attached hydrogen (secondary N) is 2. The van der Waals surface area contributed by atoms with Crippen molar-refractivity contribution in [2.75, 3.05) is 24.3 Å². The fraction of sp³-hybridized carbons (Fsp3) is 0.231. The van der Waals surface area contributed by atoms with Crippen molar-refractivity contribution in [1.29, 1.82) is 0 Å². The lowest BCUT2D eigenvalue weighted by Crippen LogP contribution is -2.06. The second-order valence-electron chi connectivity index (χ2n) is 3.89. The van der Waals surface area contributed by atoms with Crippen LogP contribution in [0.5, 0.6) is 5.75 Å². The summed E-state index contributed by atoms with van der Waals surface area (Å²) in [5, 5.41) is 5.57. The Morgan fingerprint density at radius 3 is 2.70 bits per heavy atom. The number of anilines is 3. The summed E-state index contributed by atoms with van der Waals surface area (Å²) in [6.07, 6.45) is 1.05. The number of rotatable bonds is 5. The van der Waals surface area contributed by atoms with E-state index in [4.69, 9.17) is 4.74 Å². The van der Waals surface area contributed by atoms with Gasteiger partial charge in [0.15, 0.2) is 23.2 Å². The van der Waals surface area contributed by atoms with E-state index in [-0.39, 0.29) is 11.6 Å². The molecule has 0 aliphatic rings. The minimum absolute atomic E-state index is 0.0273. The molecule has 7 heteroatoms. The predicted octanol–water partition coefficient (Wildman–Crippen LogP) is 2.94. The number of hydrogen-bond donors (Lipinski definition) is 2. The van der Waals surface area contributed by atoms with Gasteiger partial charge in [0.1, 0.15) is 0 Å². The summed E-state index contributed by atoms with van der Waals surface area (Å²) in [4.78, 5) is 7.75. The monoisotopic (exact) mass is 280 g/mol. The molecule has 1 heterocycles. The van der Waals surface area contributed by atoms with Crippen LogP contribution in [0.15, 0.2) is 24.4 Å². The van der Waals surface area contributed by atoms with Crippen molar-refractivity contribution in [3.8, 4) is 5.75 Å². The third-order valence-electron chi connectivity index (χ3n) is 2.49. The Morgan fingerprint density at radius 1 is 1.25 bits per heavy atom. The molecule has 0 saturated carbocycles. The molecular formula is C13H14F2N4O. The first-order valence-corrected chi connectivity index (χ1v) is 6.01. The maximum absolute atomic E-state index is 13.6. The zero-order valence-electron chi connectivity index (χ0n) is 11.1. The molecule has 0 radical (unpaired) electrons. The normalized spacial score (nSPS) is 10.2. The zero-order valence-corrected chi connectivity index (χ0v) is 11.1. The summed E-state index contributed by atoms with van der Waals surface area (Å²) < 4.78 is 32.0. The average molecular weight is 280 g/mol. The van der Waals surface area contributed by atoms with E-state index in [1.54, 1.807) is 6.07 Å². The van der Waals surface area contributed by atoms with Gasteiger partial charge in [-0.25, -0.2) is 13.8 Å². The van der Waals surface area contributed by atoms with Crippen LogP contribution >= 0.6 is 0 Å². The summed E-state index contributed by atoms with van der Waals surface area (Å²) in [7, 11) is 1.37. The summed E-state index contributed by atoms with van der Waals surface area (Å²) in [5.41, 5.74) is 0.364. The van der Waals surface area contributed by atoms with Crippen molar-refractivity contribution >= 4 is 17.5 Å². The number of benzene rings is 1. The highest BCUT2D eigenvalue weighted by molar-refractivity contribution is 5.58. The van der Waals surface area contributed by atoms with Crippen LogP contribution in [0.25, 0.3) is 0 Å². The first-order valence-electron chi connectivity index (χ1n) is 6.01. The second-order valence-corrected chi connectivity index (χ2v) is 3.89. The van der Waals surface area contributed by atoms with Gasteiger partial charge >= 0.3 is 0 Å². The molecule has 2 aromatic rings. The van der Waals surface area contributed by atoms with Gasteiger partial charge in [-0.3, -0.25) is 0 Å². The van der Waals surface area contributed by atoms with E-state index in [1.807, 2.05) is 6.92 Å². The van der Waals surface area contributed by atoms with E-state index in [0.29, 0.717) is 18.2 Å². The van der Waals surface area contributed by atoms with Crippen LogP contribution < -0.4 is 15.4 Å². The molecule has 106 valence electrons. The van der Waals surface area contributed by atoms with Crippen LogP contribution in [0, 0.1) is 11.6 Å². The number of methoxy groups -OCH3 is 1. The highest BCUT2D eigenvalue weighted by atomic mass is 19.1. The minimum atomic E-state index is -0.622. The van der Waals surface area contributed by atoms with Crippen LogP contribution in [0.3, 0.4) is 0 Å². The maximum Gasteiger partial charge on any atom is 0.224 e. The van der Waals surface area contributed by atoms with E-state index in [2.05, 4.69) is 20.6 Å². The molecule has 5 nitrogen and oxygen atoms in total. The first-order chi connectivity index (χ1) is 9.63. The van der Waals surface area contributed by atoms with E-state index >= 15 is 0 Å². The first kappa shape index (κ1) is 14.0. The highest BCUT2D eigenvalue weighted by Gasteiger charge is 2.09. The maximum atomic E-state index is 13.6. The number of ether oxygens (including phenoxy) is 1. The summed E-state index contributed by atoms with van der Waals surface area (Å²) in [6.45, 7) is 2.49.